The van der Waals surface area contributed by atoms with Gasteiger partial charge < -0.3 is 4.74 Å². The summed E-state index contributed by atoms with van der Waals surface area (Å²) in [6.07, 6.45) is -0.997. The molecule has 1 atom stereocenters. The minimum absolute atomic E-state index is 0.0360. The van der Waals surface area contributed by atoms with Crippen LogP contribution in [0, 0.1) is 5.82 Å². The summed E-state index contributed by atoms with van der Waals surface area (Å²) in [6.45, 7) is 6.44. The van der Waals surface area contributed by atoms with Gasteiger partial charge in [0.05, 0.1) is 5.02 Å². The van der Waals surface area contributed by atoms with Crippen molar-refractivity contribution < 1.29 is 27.1 Å². The molecule has 0 radical (unpaired) electrons. The number of hydrogen-bond acceptors (Lipinski definition) is 5. The van der Waals surface area contributed by atoms with Crippen LogP contribution in [-0.4, -0.2) is 31.9 Å². The van der Waals surface area contributed by atoms with E-state index in [1.165, 1.54) is 43.3 Å². The average Bonchev–Trinajstić information content (AvgIpc) is 2.65. The molecule has 11 heteroatoms. The van der Waals surface area contributed by atoms with E-state index in [4.69, 9.17) is 16.3 Å². The molecule has 0 spiro atoms. The number of hydrogen-bond donors (Lipinski definition) is 3. The Labute approximate surface area is 185 Å². The molecule has 0 aromatic heterocycles. The van der Waals surface area contributed by atoms with E-state index in [0.29, 0.717) is 0 Å². The van der Waals surface area contributed by atoms with Gasteiger partial charge in [0.15, 0.2) is 6.10 Å². The highest BCUT2D eigenvalue weighted by Gasteiger charge is 2.25. The van der Waals surface area contributed by atoms with Crippen molar-refractivity contribution in [3.8, 4) is 5.75 Å². The molecular weight excluding hydrogens is 449 g/mol. The van der Waals surface area contributed by atoms with Gasteiger partial charge in [-0.3, -0.25) is 20.4 Å². The third-order valence-electron chi connectivity index (χ3n) is 3.72. The number of benzene rings is 2. The maximum absolute atomic E-state index is 12.9. The van der Waals surface area contributed by atoms with Gasteiger partial charge in [-0.05, 0) is 70.2 Å². The van der Waals surface area contributed by atoms with Gasteiger partial charge in [0.2, 0.25) is 10.0 Å². The first-order chi connectivity index (χ1) is 14.3. The zero-order valence-corrected chi connectivity index (χ0v) is 18.9. The van der Waals surface area contributed by atoms with Crippen molar-refractivity contribution in [2.45, 2.75) is 44.2 Å². The number of hydrazine groups is 1. The topological polar surface area (TPSA) is 114 Å². The number of ether oxygens (including phenoxy) is 1. The first-order valence-corrected chi connectivity index (χ1v) is 11.0. The molecule has 2 aromatic rings. The van der Waals surface area contributed by atoms with Crippen molar-refractivity contribution in [2.75, 3.05) is 0 Å². The van der Waals surface area contributed by atoms with E-state index < -0.39 is 39.3 Å². The number of rotatable bonds is 6. The van der Waals surface area contributed by atoms with E-state index in [1.54, 1.807) is 20.8 Å². The minimum atomic E-state index is -3.98. The van der Waals surface area contributed by atoms with Crippen LogP contribution in [0.4, 0.5) is 4.39 Å². The molecule has 2 amide bonds. The van der Waals surface area contributed by atoms with Gasteiger partial charge in [-0.15, -0.1) is 0 Å². The molecule has 8 nitrogen and oxygen atoms in total. The lowest BCUT2D eigenvalue weighted by atomic mass is 10.1. The third-order valence-corrected chi connectivity index (χ3v) is 5.96. The van der Waals surface area contributed by atoms with Gasteiger partial charge in [0, 0.05) is 11.1 Å². The molecule has 3 N–H and O–H groups in total. The normalized spacial score (nSPS) is 12.7. The molecule has 0 bridgehead atoms. The number of carbonyl (C=O) groups excluding carboxylic acids is 2. The maximum Gasteiger partial charge on any atom is 0.279 e. The SMILES string of the molecule is C[C@@H](Oc1ccc(F)cc1)C(=O)NNC(=O)c1ccc(Cl)c(S(=O)(=O)NC(C)(C)C)c1. The summed E-state index contributed by atoms with van der Waals surface area (Å²) < 4.78 is 45.9. The lowest BCUT2D eigenvalue weighted by molar-refractivity contribution is -0.128. The highest BCUT2D eigenvalue weighted by atomic mass is 35.5. The fourth-order valence-electron chi connectivity index (χ4n) is 2.37. The van der Waals surface area contributed by atoms with Crippen LogP contribution in [0.25, 0.3) is 0 Å². The summed E-state index contributed by atoms with van der Waals surface area (Å²) in [5, 5.41) is -0.0568. The summed E-state index contributed by atoms with van der Waals surface area (Å²) >= 11 is 6.01. The van der Waals surface area contributed by atoms with E-state index >= 15 is 0 Å². The van der Waals surface area contributed by atoms with E-state index in [9.17, 15) is 22.4 Å². The van der Waals surface area contributed by atoms with Crippen molar-refractivity contribution in [2.24, 2.45) is 0 Å². The van der Waals surface area contributed by atoms with Crippen LogP contribution in [0.1, 0.15) is 38.1 Å². The van der Waals surface area contributed by atoms with Crippen LogP contribution >= 0.6 is 11.6 Å². The first-order valence-electron chi connectivity index (χ1n) is 9.14. The van der Waals surface area contributed by atoms with Crippen LogP contribution in [0.2, 0.25) is 5.02 Å². The Balaban J connectivity index is 2.05. The Hall–Kier alpha value is -2.69. The first kappa shape index (κ1) is 24.6. The number of carbonyl (C=O) groups is 2. The molecule has 2 rings (SSSR count). The molecule has 0 saturated heterocycles. The summed E-state index contributed by atoms with van der Waals surface area (Å²) in [5.41, 5.74) is 3.58. The third kappa shape index (κ3) is 7.20. The van der Waals surface area contributed by atoms with Gasteiger partial charge in [0.25, 0.3) is 11.8 Å². The van der Waals surface area contributed by atoms with Crippen molar-refractivity contribution in [1.82, 2.24) is 15.6 Å². The number of nitrogens with one attached hydrogen (secondary N) is 3. The standard InChI is InChI=1S/C20H23ClFN3O5S/c1-12(30-15-8-6-14(22)7-9-15)18(26)23-24-19(27)13-5-10-16(21)17(11-13)31(28,29)25-20(2,3)4/h5-12,25H,1-4H3,(H,23,26)(H,24,27)/t12-/m1/s1. The number of amides is 2. The van der Waals surface area contributed by atoms with Crippen molar-refractivity contribution in [3.63, 3.8) is 0 Å². The smallest absolute Gasteiger partial charge is 0.279 e. The predicted molar refractivity (Wildman–Crippen MR) is 114 cm³/mol. The zero-order chi connectivity index (χ0) is 23.4. The average molecular weight is 472 g/mol. The summed E-state index contributed by atoms with van der Waals surface area (Å²) in [4.78, 5) is 24.2. The van der Waals surface area contributed by atoms with Gasteiger partial charge in [-0.2, -0.15) is 0 Å². The second-order valence-electron chi connectivity index (χ2n) is 7.66. The quantitative estimate of drug-likeness (QED) is 0.560. The number of sulfonamides is 1. The lowest BCUT2D eigenvalue weighted by Crippen LogP contribution is -2.47. The monoisotopic (exact) mass is 471 g/mol. The molecule has 0 heterocycles. The highest BCUT2D eigenvalue weighted by molar-refractivity contribution is 7.89. The molecular formula is C20H23ClFN3O5S. The van der Waals surface area contributed by atoms with Crippen LogP contribution < -0.4 is 20.3 Å². The van der Waals surface area contributed by atoms with Gasteiger partial charge in [-0.25, -0.2) is 17.5 Å². The van der Waals surface area contributed by atoms with E-state index in [-0.39, 0.29) is 21.2 Å². The Morgan fingerprint density at radius 3 is 2.26 bits per heavy atom. The summed E-state index contributed by atoms with van der Waals surface area (Å²) in [5.74, 6) is -1.60. The van der Waals surface area contributed by atoms with Gasteiger partial charge in [0.1, 0.15) is 16.5 Å². The molecule has 0 aliphatic carbocycles. The molecule has 0 fully saturated rings. The van der Waals surface area contributed by atoms with Crippen LogP contribution in [0.5, 0.6) is 5.75 Å². The molecule has 0 aliphatic heterocycles. The summed E-state index contributed by atoms with van der Waals surface area (Å²) in [7, 11) is -3.98. The molecule has 0 saturated carbocycles. The van der Waals surface area contributed by atoms with E-state index in [2.05, 4.69) is 15.6 Å². The fourth-order valence-corrected chi connectivity index (χ4v) is 4.32. The maximum atomic E-state index is 12.9. The second kappa shape index (κ2) is 9.63. The van der Waals surface area contributed by atoms with E-state index in [1.807, 2.05) is 0 Å². The predicted octanol–water partition coefficient (Wildman–Crippen LogP) is 2.78. The fraction of sp³-hybridized carbons (Fsp3) is 0.300. The Morgan fingerprint density at radius 1 is 1.06 bits per heavy atom. The Kier molecular flexibility index (Phi) is 7.63. The van der Waals surface area contributed by atoms with Gasteiger partial charge in [-0.1, -0.05) is 11.6 Å². The van der Waals surface area contributed by atoms with Crippen LogP contribution in [0.3, 0.4) is 0 Å². The van der Waals surface area contributed by atoms with E-state index in [0.717, 1.165) is 6.07 Å². The molecule has 0 unspecified atom stereocenters. The van der Waals surface area contributed by atoms with Crippen molar-refractivity contribution >= 4 is 33.4 Å². The largest absolute Gasteiger partial charge is 0.481 e. The minimum Gasteiger partial charge on any atom is -0.481 e. The molecule has 0 aliphatic rings. The Bertz CT molecular complexity index is 1070. The molecule has 2 aromatic carbocycles. The zero-order valence-electron chi connectivity index (χ0n) is 17.3. The van der Waals surface area contributed by atoms with Crippen LogP contribution in [-0.2, 0) is 14.8 Å². The second-order valence-corrected chi connectivity index (χ2v) is 9.72. The summed E-state index contributed by atoms with van der Waals surface area (Å²) in [6, 6.07) is 8.79. The van der Waals surface area contributed by atoms with Crippen molar-refractivity contribution in [1.29, 1.82) is 0 Å². The highest BCUT2D eigenvalue weighted by Crippen LogP contribution is 2.24. The Morgan fingerprint density at radius 2 is 1.68 bits per heavy atom. The molecule has 168 valence electrons. The van der Waals surface area contributed by atoms with Gasteiger partial charge >= 0.3 is 0 Å². The van der Waals surface area contributed by atoms with Crippen molar-refractivity contribution in [3.05, 3.63) is 58.9 Å². The lowest BCUT2D eigenvalue weighted by Gasteiger charge is -2.21. The number of halogens is 2. The molecule has 31 heavy (non-hydrogen) atoms. The van der Waals surface area contributed by atoms with Crippen LogP contribution in [0.15, 0.2) is 47.4 Å².